The van der Waals surface area contributed by atoms with Gasteiger partial charge in [-0.15, -0.1) is 0 Å². The highest BCUT2D eigenvalue weighted by molar-refractivity contribution is 7.71. The van der Waals surface area contributed by atoms with Gasteiger partial charge in [0.25, 0.3) is 0 Å². The number of benzene rings is 1. The van der Waals surface area contributed by atoms with Gasteiger partial charge in [0.05, 0.1) is 13.3 Å². The zero-order chi connectivity index (χ0) is 17.6. The van der Waals surface area contributed by atoms with E-state index in [1.54, 1.807) is 13.4 Å². The second-order valence-electron chi connectivity index (χ2n) is 6.36. The minimum Gasteiger partial charge on any atom is -0.383 e. The highest BCUT2D eigenvalue weighted by atomic mass is 32.1. The molecule has 0 N–H and O–H groups in total. The normalized spacial score (nSPS) is 16.2. The zero-order valence-electron chi connectivity index (χ0n) is 14.5. The van der Waals surface area contributed by atoms with Crippen LogP contribution in [0, 0.1) is 10.7 Å². The molecule has 0 atom stereocenters. The molecule has 1 aliphatic rings. The maximum atomic E-state index is 12.6. The van der Waals surface area contributed by atoms with Crippen molar-refractivity contribution in [1.29, 1.82) is 0 Å². The predicted molar refractivity (Wildman–Crippen MR) is 98.0 cm³/mol. The number of nitrogens with zero attached hydrogens (tertiary/aromatic N) is 4. The fraction of sp³-hybridized carbons (Fsp3) is 0.500. The lowest BCUT2D eigenvalue weighted by molar-refractivity contribution is 0.0803. The van der Waals surface area contributed by atoms with Crippen LogP contribution in [0.3, 0.4) is 0 Å². The molecule has 1 saturated heterocycles. The van der Waals surface area contributed by atoms with Gasteiger partial charge in [0.2, 0.25) is 0 Å². The van der Waals surface area contributed by atoms with E-state index in [-0.39, 0.29) is 11.7 Å². The van der Waals surface area contributed by atoms with Crippen LogP contribution >= 0.6 is 12.2 Å². The first-order valence-corrected chi connectivity index (χ1v) is 9.02. The van der Waals surface area contributed by atoms with Gasteiger partial charge in [-0.25, -0.2) is 4.68 Å². The summed E-state index contributed by atoms with van der Waals surface area (Å²) in [6, 6.07) is 9.59. The Labute approximate surface area is 153 Å². The third kappa shape index (κ3) is 4.42. The van der Waals surface area contributed by atoms with Crippen LogP contribution in [0.1, 0.15) is 23.2 Å². The number of carbonyl (C=O) groups is 1. The summed E-state index contributed by atoms with van der Waals surface area (Å²) in [5.74, 6) is 0.381. The zero-order valence-corrected chi connectivity index (χ0v) is 15.3. The van der Waals surface area contributed by atoms with Crippen molar-refractivity contribution in [2.24, 2.45) is 5.92 Å². The van der Waals surface area contributed by atoms with Crippen molar-refractivity contribution in [3.8, 4) is 0 Å². The van der Waals surface area contributed by atoms with E-state index in [0.29, 0.717) is 24.6 Å². The molecule has 2 heterocycles. The lowest BCUT2D eigenvalue weighted by Gasteiger charge is -2.30. The van der Waals surface area contributed by atoms with Gasteiger partial charge in [0.1, 0.15) is 6.33 Å². The maximum absolute atomic E-state index is 12.6. The summed E-state index contributed by atoms with van der Waals surface area (Å²) in [5.41, 5.74) is 0.819. The monoisotopic (exact) mass is 360 g/mol. The predicted octanol–water partition coefficient (Wildman–Crippen LogP) is 2.61. The highest BCUT2D eigenvalue weighted by Crippen LogP contribution is 2.22. The molecular weight excluding hydrogens is 336 g/mol. The molecule has 134 valence electrons. The average molecular weight is 360 g/mol. The van der Waals surface area contributed by atoms with Crippen molar-refractivity contribution in [3.63, 3.8) is 0 Å². The van der Waals surface area contributed by atoms with E-state index >= 15 is 0 Å². The number of piperidine rings is 1. The smallest absolute Gasteiger partial charge is 0.198 e. The van der Waals surface area contributed by atoms with Crippen LogP contribution in [0.4, 0.5) is 0 Å². The van der Waals surface area contributed by atoms with Crippen molar-refractivity contribution in [2.45, 2.75) is 26.1 Å². The van der Waals surface area contributed by atoms with Gasteiger partial charge in [-0.1, -0.05) is 30.3 Å². The van der Waals surface area contributed by atoms with Crippen molar-refractivity contribution in [2.75, 3.05) is 26.8 Å². The number of aromatic nitrogens is 3. The Kier molecular flexibility index (Phi) is 6.12. The molecule has 1 aromatic heterocycles. The van der Waals surface area contributed by atoms with Crippen LogP contribution in [0.2, 0.25) is 0 Å². The van der Waals surface area contributed by atoms with Gasteiger partial charge in [0.15, 0.2) is 10.6 Å². The van der Waals surface area contributed by atoms with Crippen molar-refractivity contribution >= 4 is 18.0 Å². The molecule has 1 fully saturated rings. The number of hydrogen-bond acceptors (Lipinski definition) is 5. The lowest BCUT2D eigenvalue weighted by atomic mass is 9.89. The van der Waals surface area contributed by atoms with Crippen molar-refractivity contribution in [3.05, 3.63) is 47.0 Å². The van der Waals surface area contributed by atoms with E-state index in [0.717, 1.165) is 31.5 Å². The van der Waals surface area contributed by atoms with Gasteiger partial charge >= 0.3 is 0 Å². The molecule has 0 saturated carbocycles. The Morgan fingerprint density at radius 1 is 1.28 bits per heavy atom. The topological polar surface area (TPSA) is 52.3 Å². The molecule has 6 nitrogen and oxygen atoms in total. The summed E-state index contributed by atoms with van der Waals surface area (Å²) in [6.45, 7) is 3.77. The summed E-state index contributed by atoms with van der Waals surface area (Å²) in [5, 5.41) is 4.38. The van der Waals surface area contributed by atoms with Gasteiger partial charge < -0.3 is 9.30 Å². The lowest BCUT2D eigenvalue weighted by Crippen LogP contribution is -2.37. The van der Waals surface area contributed by atoms with E-state index < -0.39 is 0 Å². The molecule has 3 rings (SSSR count). The van der Waals surface area contributed by atoms with E-state index in [4.69, 9.17) is 17.0 Å². The Balaban J connectivity index is 1.54. The fourth-order valence-corrected chi connectivity index (χ4v) is 3.42. The Bertz CT molecular complexity index is 748. The third-order valence-electron chi connectivity index (χ3n) is 4.68. The first-order chi connectivity index (χ1) is 12.2. The number of ketones is 1. The Hall–Kier alpha value is -1.83. The largest absolute Gasteiger partial charge is 0.383 e. The van der Waals surface area contributed by atoms with Gasteiger partial charge in [-0.2, -0.15) is 5.10 Å². The molecule has 0 aliphatic carbocycles. The number of rotatable bonds is 7. The van der Waals surface area contributed by atoms with Crippen LogP contribution in [0.15, 0.2) is 36.7 Å². The number of ether oxygens (including phenoxy) is 1. The highest BCUT2D eigenvalue weighted by Gasteiger charge is 2.26. The van der Waals surface area contributed by atoms with E-state index in [9.17, 15) is 4.79 Å². The molecule has 1 aromatic carbocycles. The van der Waals surface area contributed by atoms with Crippen molar-refractivity contribution in [1.82, 2.24) is 19.2 Å². The van der Waals surface area contributed by atoms with Gasteiger partial charge in [-0.05, 0) is 25.1 Å². The summed E-state index contributed by atoms with van der Waals surface area (Å²) in [6.07, 6.45) is 3.52. The van der Waals surface area contributed by atoms with E-state index in [2.05, 4.69) is 10.00 Å². The number of Topliss-reactive ketones (excluding diaryl/α,β-unsaturated/α-hetero) is 1. The van der Waals surface area contributed by atoms with Crippen LogP contribution in [-0.2, 0) is 18.0 Å². The summed E-state index contributed by atoms with van der Waals surface area (Å²) < 4.78 is 9.55. The first kappa shape index (κ1) is 18.0. The molecule has 0 bridgehead atoms. The van der Waals surface area contributed by atoms with Crippen LogP contribution in [-0.4, -0.2) is 51.8 Å². The number of hydrogen-bond donors (Lipinski definition) is 0. The fourth-order valence-electron chi connectivity index (χ4n) is 3.18. The standard InChI is InChI=1S/C18H24N4O2S/c1-24-12-11-21-13-19-22(18(21)25)14-20-9-7-16(8-10-20)17(23)15-5-3-2-4-6-15/h2-6,13,16H,7-12,14H2,1H3. The molecule has 0 spiro atoms. The van der Waals surface area contributed by atoms with Gasteiger partial charge in [-0.3, -0.25) is 9.69 Å². The number of carbonyl (C=O) groups excluding carboxylic acids is 1. The van der Waals surface area contributed by atoms with Crippen LogP contribution < -0.4 is 0 Å². The summed E-state index contributed by atoms with van der Waals surface area (Å²) >= 11 is 5.46. The third-order valence-corrected chi connectivity index (χ3v) is 5.13. The summed E-state index contributed by atoms with van der Waals surface area (Å²) in [7, 11) is 1.68. The second-order valence-corrected chi connectivity index (χ2v) is 6.73. The van der Waals surface area contributed by atoms with Gasteiger partial charge in [0, 0.05) is 38.2 Å². The minimum atomic E-state index is 0.117. The molecule has 2 aromatic rings. The van der Waals surface area contributed by atoms with E-state index in [1.807, 2.05) is 39.6 Å². The first-order valence-electron chi connectivity index (χ1n) is 8.62. The molecular formula is C18H24N4O2S. The molecule has 25 heavy (non-hydrogen) atoms. The van der Waals surface area contributed by atoms with E-state index in [1.165, 1.54) is 0 Å². The average Bonchev–Trinajstić information content (AvgIpc) is 3.00. The molecule has 7 heteroatoms. The number of methoxy groups -OCH3 is 1. The quantitative estimate of drug-likeness (QED) is 0.561. The Morgan fingerprint density at radius 3 is 2.68 bits per heavy atom. The SMILES string of the molecule is COCCn1cnn(CN2CCC(C(=O)c3ccccc3)CC2)c1=S. The minimum absolute atomic E-state index is 0.117. The maximum Gasteiger partial charge on any atom is 0.198 e. The molecule has 0 amide bonds. The molecule has 0 radical (unpaired) electrons. The molecule has 0 unspecified atom stereocenters. The summed E-state index contributed by atoms with van der Waals surface area (Å²) in [4.78, 5) is 14.9. The van der Waals surface area contributed by atoms with Crippen LogP contribution in [0.25, 0.3) is 0 Å². The Morgan fingerprint density at radius 2 is 2.00 bits per heavy atom. The van der Waals surface area contributed by atoms with Crippen LogP contribution in [0.5, 0.6) is 0 Å². The molecule has 1 aliphatic heterocycles. The van der Waals surface area contributed by atoms with Crippen molar-refractivity contribution < 1.29 is 9.53 Å². The second kappa shape index (κ2) is 8.51. The number of likely N-dealkylation sites (tertiary alicyclic amines) is 1.